The van der Waals surface area contributed by atoms with Gasteiger partial charge >= 0.3 is 0 Å². The minimum atomic E-state index is 0.0303. The Bertz CT molecular complexity index is 377. The summed E-state index contributed by atoms with van der Waals surface area (Å²) in [6.07, 6.45) is 0.823. The summed E-state index contributed by atoms with van der Waals surface area (Å²) < 4.78 is 5.33. The minimum absolute atomic E-state index is 0.0303. The van der Waals surface area contributed by atoms with Crippen molar-refractivity contribution in [2.24, 2.45) is 5.92 Å². The van der Waals surface area contributed by atoms with Gasteiger partial charge in [-0.2, -0.15) is 0 Å². The Kier molecular flexibility index (Phi) is 5.10. The number of ketones is 1. The van der Waals surface area contributed by atoms with Crippen molar-refractivity contribution in [1.82, 2.24) is 0 Å². The van der Waals surface area contributed by atoms with E-state index in [-0.39, 0.29) is 18.3 Å². The molecule has 0 aromatic heterocycles. The molecule has 0 bridgehead atoms. The van der Waals surface area contributed by atoms with Gasteiger partial charge in [0, 0.05) is 12.0 Å². The molecule has 4 heteroatoms. The number of Topliss-reactive ketones (excluding diaryl/α,β-unsaturated/α-hetero) is 1. The van der Waals surface area contributed by atoms with Gasteiger partial charge in [0.25, 0.3) is 0 Å². The molecule has 0 spiro atoms. The molecule has 1 unspecified atom stereocenters. The summed E-state index contributed by atoms with van der Waals surface area (Å²) in [5, 5.41) is 0.900. The summed E-state index contributed by atoms with van der Waals surface area (Å²) in [5.74, 6) is 0.683. The SMILES string of the molecule is CCC(C)C(=O)COc1ccc(Cl)c(Cl)c1. The highest BCUT2D eigenvalue weighted by atomic mass is 35.5. The quantitative estimate of drug-likeness (QED) is 0.801. The summed E-state index contributed by atoms with van der Waals surface area (Å²) in [4.78, 5) is 11.5. The molecule has 0 saturated heterocycles. The van der Waals surface area contributed by atoms with Crippen LogP contribution in [0.3, 0.4) is 0 Å². The fraction of sp³-hybridized carbons (Fsp3) is 0.417. The zero-order valence-electron chi connectivity index (χ0n) is 9.30. The second-order valence-corrected chi connectivity index (χ2v) is 4.45. The third kappa shape index (κ3) is 3.69. The lowest BCUT2D eigenvalue weighted by molar-refractivity contribution is -0.124. The predicted molar refractivity (Wildman–Crippen MR) is 66.4 cm³/mol. The molecular weight excluding hydrogens is 247 g/mol. The minimum Gasteiger partial charge on any atom is -0.486 e. The standard InChI is InChI=1S/C12H14Cl2O2/c1-3-8(2)12(15)7-16-9-4-5-10(13)11(14)6-9/h4-6,8H,3,7H2,1-2H3. The van der Waals surface area contributed by atoms with Crippen LogP contribution >= 0.6 is 23.2 Å². The summed E-state index contributed by atoms with van der Waals surface area (Å²) in [7, 11) is 0. The summed E-state index contributed by atoms with van der Waals surface area (Å²) in [6.45, 7) is 3.94. The number of carbonyl (C=O) groups excluding carboxylic acids is 1. The van der Waals surface area contributed by atoms with Crippen LogP contribution in [0.25, 0.3) is 0 Å². The first-order valence-electron chi connectivity index (χ1n) is 5.15. The predicted octanol–water partition coefficient (Wildman–Crippen LogP) is 3.99. The monoisotopic (exact) mass is 260 g/mol. The van der Waals surface area contributed by atoms with E-state index in [0.717, 1.165) is 6.42 Å². The van der Waals surface area contributed by atoms with Gasteiger partial charge in [0.15, 0.2) is 5.78 Å². The molecule has 0 saturated carbocycles. The molecule has 0 heterocycles. The molecule has 0 aliphatic rings. The maximum Gasteiger partial charge on any atom is 0.172 e. The van der Waals surface area contributed by atoms with Gasteiger partial charge in [0.2, 0.25) is 0 Å². The number of hydrogen-bond acceptors (Lipinski definition) is 2. The zero-order chi connectivity index (χ0) is 12.1. The molecule has 0 amide bonds. The lowest BCUT2D eigenvalue weighted by atomic mass is 10.1. The smallest absolute Gasteiger partial charge is 0.172 e. The van der Waals surface area contributed by atoms with E-state index in [9.17, 15) is 4.79 Å². The lowest BCUT2D eigenvalue weighted by Crippen LogP contribution is -2.18. The van der Waals surface area contributed by atoms with Crippen molar-refractivity contribution in [3.8, 4) is 5.75 Å². The van der Waals surface area contributed by atoms with Crippen LogP contribution in [-0.2, 0) is 4.79 Å². The van der Waals surface area contributed by atoms with Crippen molar-refractivity contribution in [1.29, 1.82) is 0 Å². The maximum atomic E-state index is 11.5. The Morgan fingerprint density at radius 3 is 2.62 bits per heavy atom. The summed E-state index contributed by atoms with van der Waals surface area (Å²) >= 11 is 11.6. The molecule has 1 rings (SSSR count). The van der Waals surface area contributed by atoms with Gasteiger partial charge in [-0.05, 0) is 18.6 Å². The van der Waals surface area contributed by atoms with Crippen molar-refractivity contribution in [3.05, 3.63) is 28.2 Å². The highest BCUT2D eigenvalue weighted by Gasteiger charge is 2.11. The van der Waals surface area contributed by atoms with Crippen LogP contribution in [0.1, 0.15) is 20.3 Å². The van der Waals surface area contributed by atoms with E-state index in [1.54, 1.807) is 18.2 Å². The van der Waals surface area contributed by atoms with Crippen LogP contribution in [0.15, 0.2) is 18.2 Å². The Labute approximate surface area is 106 Å². The van der Waals surface area contributed by atoms with Crippen molar-refractivity contribution in [2.75, 3.05) is 6.61 Å². The average Bonchev–Trinajstić information content (AvgIpc) is 2.29. The van der Waals surface area contributed by atoms with E-state index >= 15 is 0 Å². The first-order valence-corrected chi connectivity index (χ1v) is 5.90. The van der Waals surface area contributed by atoms with Crippen LogP contribution in [0.4, 0.5) is 0 Å². The van der Waals surface area contributed by atoms with E-state index in [1.165, 1.54) is 0 Å². The second kappa shape index (κ2) is 6.12. The van der Waals surface area contributed by atoms with Gasteiger partial charge in [-0.1, -0.05) is 37.0 Å². The molecule has 2 nitrogen and oxygen atoms in total. The molecule has 0 N–H and O–H groups in total. The molecule has 1 atom stereocenters. The van der Waals surface area contributed by atoms with Gasteiger partial charge in [-0.15, -0.1) is 0 Å². The molecule has 1 aromatic rings. The van der Waals surface area contributed by atoms with Crippen molar-refractivity contribution < 1.29 is 9.53 Å². The first kappa shape index (κ1) is 13.3. The molecule has 0 radical (unpaired) electrons. The number of benzene rings is 1. The van der Waals surface area contributed by atoms with Gasteiger partial charge in [0.1, 0.15) is 12.4 Å². The van der Waals surface area contributed by atoms with Crippen molar-refractivity contribution in [2.45, 2.75) is 20.3 Å². The number of rotatable bonds is 5. The molecule has 1 aromatic carbocycles. The van der Waals surface area contributed by atoms with E-state index < -0.39 is 0 Å². The Morgan fingerprint density at radius 1 is 1.38 bits per heavy atom. The van der Waals surface area contributed by atoms with E-state index in [0.29, 0.717) is 15.8 Å². The van der Waals surface area contributed by atoms with Crippen LogP contribution < -0.4 is 4.74 Å². The van der Waals surface area contributed by atoms with Crippen LogP contribution in [0.2, 0.25) is 10.0 Å². The van der Waals surface area contributed by atoms with E-state index in [4.69, 9.17) is 27.9 Å². The van der Waals surface area contributed by atoms with Crippen molar-refractivity contribution in [3.63, 3.8) is 0 Å². The second-order valence-electron chi connectivity index (χ2n) is 3.64. The third-order valence-electron chi connectivity index (χ3n) is 2.43. The topological polar surface area (TPSA) is 26.3 Å². The van der Waals surface area contributed by atoms with E-state index in [2.05, 4.69) is 0 Å². The molecule has 16 heavy (non-hydrogen) atoms. The van der Waals surface area contributed by atoms with Gasteiger partial charge < -0.3 is 4.74 Å². The molecule has 0 aliphatic carbocycles. The van der Waals surface area contributed by atoms with Crippen LogP contribution in [0.5, 0.6) is 5.75 Å². The fourth-order valence-electron chi connectivity index (χ4n) is 1.09. The van der Waals surface area contributed by atoms with Crippen molar-refractivity contribution >= 4 is 29.0 Å². The Morgan fingerprint density at radius 2 is 2.06 bits per heavy atom. The highest BCUT2D eigenvalue weighted by molar-refractivity contribution is 6.42. The highest BCUT2D eigenvalue weighted by Crippen LogP contribution is 2.26. The normalized spacial score (nSPS) is 12.2. The van der Waals surface area contributed by atoms with E-state index in [1.807, 2.05) is 13.8 Å². The number of halogens is 2. The Hall–Kier alpha value is -0.730. The number of carbonyl (C=O) groups is 1. The third-order valence-corrected chi connectivity index (χ3v) is 3.17. The van der Waals surface area contributed by atoms with Gasteiger partial charge in [-0.25, -0.2) is 0 Å². The Balaban J connectivity index is 2.55. The number of ether oxygens (including phenoxy) is 1. The van der Waals surface area contributed by atoms with Crippen LogP contribution in [-0.4, -0.2) is 12.4 Å². The molecular formula is C12H14Cl2O2. The molecule has 0 fully saturated rings. The lowest BCUT2D eigenvalue weighted by Gasteiger charge is -2.09. The molecule has 88 valence electrons. The van der Waals surface area contributed by atoms with Gasteiger partial charge in [-0.3, -0.25) is 4.79 Å². The maximum absolute atomic E-state index is 11.5. The first-order chi connectivity index (χ1) is 7.54. The van der Waals surface area contributed by atoms with Crippen LogP contribution in [0, 0.1) is 5.92 Å². The zero-order valence-corrected chi connectivity index (χ0v) is 10.8. The average molecular weight is 261 g/mol. The van der Waals surface area contributed by atoms with Gasteiger partial charge in [0.05, 0.1) is 10.0 Å². The largest absolute Gasteiger partial charge is 0.486 e. The number of hydrogen-bond donors (Lipinski definition) is 0. The summed E-state index contributed by atoms with van der Waals surface area (Å²) in [6, 6.07) is 4.94. The summed E-state index contributed by atoms with van der Waals surface area (Å²) in [5.41, 5.74) is 0. The molecule has 0 aliphatic heterocycles. The fourth-order valence-corrected chi connectivity index (χ4v) is 1.38.